The normalized spacial score (nSPS) is 46.7. The number of allylic oxidation sites excluding steroid dienone is 1. The molecule has 4 rings (SSSR count). The van der Waals surface area contributed by atoms with Gasteiger partial charge in [0.2, 0.25) is 0 Å². The number of aliphatic hydroxyl groups is 1. The Morgan fingerprint density at radius 2 is 2.00 bits per heavy atom. The van der Waals surface area contributed by atoms with Gasteiger partial charge in [0.25, 0.3) is 0 Å². The molecule has 0 aromatic carbocycles. The Bertz CT molecular complexity index is 525. The predicted molar refractivity (Wildman–Crippen MR) is 95.4 cm³/mol. The molecule has 3 nitrogen and oxygen atoms in total. The molecule has 4 aliphatic carbocycles. The third kappa shape index (κ3) is 2.73. The minimum Gasteiger partial charge on any atom is -0.462 e. The second kappa shape index (κ2) is 6.48. The first-order valence-electron chi connectivity index (χ1n) is 9.53. The summed E-state index contributed by atoms with van der Waals surface area (Å²) in [4.78, 5) is 11.5. The zero-order valence-corrected chi connectivity index (χ0v) is 14.5. The van der Waals surface area contributed by atoms with E-state index in [1.165, 1.54) is 32.1 Å². The molecule has 0 amide bonds. The fourth-order valence-electron chi connectivity index (χ4n) is 6.60. The van der Waals surface area contributed by atoms with Crippen LogP contribution >= 0.6 is 0 Å². The SMILES string of the molecule is C.CC(=O)OC1CCC2C3CC=C4CC(O)CC[C@@H]4C3CC[C@]12C. The van der Waals surface area contributed by atoms with Crippen LogP contribution in [0.2, 0.25) is 0 Å². The highest BCUT2D eigenvalue weighted by molar-refractivity contribution is 5.66. The van der Waals surface area contributed by atoms with Crippen LogP contribution in [0.4, 0.5) is 0 Å². The van der Waals surface area contributed by atoms with E-state index in [1.54, 1.807) is 12.5 Å². The Balaban J connectivity index is 0.00000169. The van der Waals surface area contributed by atoms with E-state index in [1.807, 2.05) is 0 Å². The van der Waals surface area contributed by atoms with Gasteiger partial charge in [-0.2, -0.15) is 0 Å². The van der Waals surface area contributed by atoms with Crippen LogP contribution < -0.4 is 0 Å². The fourth-order valence-corrected chi connectivity index (χ4v) is 6.60. The molecular formula is C21H34O3. The standard InChI is InChI=1S/C20H30O3.CH4/c1-12(21)23-19-8-7-18-17-5-3-13-11-14(22)4-6-15(13)16(17)9-10-20(18,19)2;/h3,14-19,22H,4-11H2,1-2H3;1H4/t14?,15-,16?,17?,18?,19?,20-;/m0./s1. The maximum absolute atomic E-state index is 11.5. The first-order valence-corrected chi connectivity index (χ1v) is 9.53. The minimum atomic E-state index is -0.119. The van der Waals surface area contributed by atoms with Crippen molar-refractivity contribution >= 4 is 5.97 Å². The molecule has 0 aromatic heterocycles. The van der Waals surface area contributed by atoms with E-state index in [4.69, 9.17) is 4.74 Å². The van der Waals surface area contributed by atoms with Crippen molar-refractivity contribution in [1.29, 1.82) is 0 Å². The lowest BCUT2D eigenvalue weighted by Gasteiger charge is -2.53. The third-order valence-corrected chi connectivity index (χ3v) is 7.64. The molecule has 5 unspecified atom stereocenters. The summed E-state index contributed by atoms with van der Waals surface area (Å²) in [6.45, 7) is 3.92. The number of esters is 1. The molecule has 0 heterocycles. The van der Waals surface area contributed by atoms with Gasteiger partial charge in [-0.1, -0.05) is 26.0 Å². The highest BCUT2D eigenvalue weighted by atomic mass is 16.5. The average molecular weight is 335 g/mol. The van der Waals surface area contributed by atoms with E-state index in [9.17, 15) is 9.90 Å². The second-order valence-corrected chi connectivity index (χ2v) is 8.71. The molecule has 0 radical (unpaired) electrons. The Labute approximate surface area is 146 Å². The summed E-state index contributed by atoms with van der Waals surface area (Å²) >= 11 is 0. The van der Waals surface area contributed by atoms with Crippen molar-refractivity contribution in [1.82, 2.24) is 0 Å². The molecule has 3 fully saturated rings. The fraction of sp³-hybridized carbons (Fsp3) is 0.857. The molecule has 0 aromatic rings. The van der Waals surface area contributed by atoms with Gasteiger partial charge in [0.1, 0.15) is 6.10 Å². The van der Waals surface area contributed by atoms with Gasteiger partial charge >= 0.3 is 5.97 Å². The van der Waals surface area contributed by atoms with E-state index in [0.29, 0.717) is 5.92 Å². The second-order valence-electron chi connectivity index (χ2n) is 8.71. The molecule has 0 aliphatic heterocycles. The smallest absolute Gasteiger partial charge is 0.302 e. The van der Waals surface area contributed by atoms with Gasteiger partial charge in [-0.05, 0) is 75.0 Å². The van der Waals surface area contributed by atoms with Gasteiger partial charge in [0.15, 0.2) is 0 Å². The number of hydrogen-bond acceptors (Lipinski definition) is 3. The van der Waals surface area contributed by atoms with Crippen molar-refractivity contribution in [3.63, 3.8) is 0 Å². The van der Waals surface area contributed by atoms with Crippen molar-refractivity contribution in [3.05, 3.63) is 11.6 Å². The van der Waals surface area contributed by atoms with Crippen molar-refractivity contribution in [2.45, 2.75) is 84.8 Å². The number of aliphatic hydroxyl groups excluding tert-OH is 1. The van der Waals surface area contributed by atoms with Crippen LogP contribution in [0, 0.1) is 29.1 Å². The molecule has 4 aliphatic rings. The maximum atomic E-state index is 11.5. The zero-order chi connectivity index (χ0) is 16.2. The predicted octanol–water partition coefficient (Wildman–Crippen LogP) is 4.49. The summed E-state index contributed by atoms with van der Waals surface area (Å²) in [7, 11) is 0. The molecule has 24 heavy (non-hydrogen) atoms. The Morgan fingerprint density at radius 1 is 1.21 bits per heavy atom. The van der Waals surface area contributed by atoms with Crippen LogP contribution in [-0.4, -0.2) is 23.3 Å². The van der Waals surface area contributed by atoms with Gasteiger partial charge in [0.05, 0.1) is 6.10 Å². The number of rotatable bonds is 1. The molecular weight excluding hydrogens is 300 g/mol. The van der Waals surface area contributed by atoms with E-state index >= 15 is 0 Å². The number of fused-ring (bicyclic) bond motifs is 5. The molecule has 1 N–H and O–H groups in total. The van der Waals surface area contributed by atoms with Crippen molar-refractivity contribution in [2.24, 2.45) is 29.1 Å². The Morgan fingerprint density at radius 3 is 2.75 bits per heavy atom. The molecule has 0 spiro atoms. The highest BCUT2D eigenvalue weighted by Gasteiger charge is 2.57. The zero-order valence-electron chi connectivity index (χ0n) is 14.5. The van der Waals surface area contributed by atoms with Crippen LogP contribution in [0.1, 0.15) is 72.6 Å². The first-order chi connectivity index (χ1) is 11.0. The molecule has 7 atom stereocenters. The number of ether oxygens (including phenoxy) is 1. The van der Waals surface area contributed by atoms with Gasteiger partial charge in [-0.3, -0.25) is 4.79 Å². The summed E-state index contributed by atoms with van der Waals surface area (Å²) in [5, 5.41) is 9.96. The summed E-state index contributed by atoms with van der Waals surface area (Å²) in [6, 6.07) is 0. The quantitative estimate of drug-likeness (QED) is 0.568. The van der Waals surface area contributed by atoms with Crippen LogP contribution in [0.5, 0.6) is 0 Å². The molecule has 3 heteroatoms. The summed E-state index contributed by atoms with van der Waals surface area (Å²) in [5.41, 5.74) is 1.73. The number of carbonyl (C=O) groups is 1. The summed E-state index contributed by atoms with van der Waals surface area (Å²) in [5.74, 6) is 2.87. The van der Waals surface area contributed by atoms with E-state index < -0.39 is 0 Å². The lowest BCUT2D eigenvalue weighted by atomic mass is 9.53. The molecule has 3 saturated carbocycles. The monoisotopic (exact) mass is 334 g/mol. The Kier molecular flexibility index (Phi) is 4.85. The molecule has 136 valence electrons. The highest BCUT2D eigenvalue weighted by Crippen LogP contribution is 2.61. The molecule has 0 saturated heterocycles. The number of carbonyl (C=O) groups excluding carboxylic acids is 1. The minimum absolute atomic E-state index is 0. The van der Waals surface area contributed by atoms with E-state index in [-0.39, 0.29) is 31.0 Å². The number of hydrogen-bond donors (Lipinski definition) is 1. The van der Waals surface area contributed by atoms with Crippen molar-refractivity contribution in [2.75, 3.05) is 0 Å². The van der Waals surface area contributed by atoms with Gasteiger partial charge in [0, 0.05) is 12.3 Å². The lowest BCUT2D eigenvalue weighted by molar-refractivity contribution is -0.155. The van der Waals surface area contributed by atoms with Crippen LogP contribution in [0.15, 0.2) is 11.6 Å². The van der Waals surface area contributed by atoms with Crippen molar-refractivity contribution < 1.29 is 14.6 Å². The van der Waals surface area contributed by atoms with Gasteiger partial charge in [-0.25, -0.2) is 0 Å². The van der Waals surface area contributed by atoms with E-state index in [2.05, 4.69) is 13.0 Å². The largest absolute Gasteiger partial charge is 0.462 e. The lowest BCUT2D eigenvalue weighted by Crippen LogP contribution is -2.48. The van der Waals surface area contributed by atoms with Crippen molar-refractivity contribution in [3.8, 4) is 0 Å². The molecule has 0 bridgehead atoms. The average Bonchev–Trinajstić information content (AvgIpc) is 2.83. The first kappa shape index (κ1) is 18.0. The summed E-state index contributed by atoms with van der Waals surface area (Å²) in [6.07, 6.45) is 11.4. The third-order valence-electron chi connectivity index (χ3n) is 7.64. The van der Waals surface area contributed by atoms with E-state index in [0.717, 1.165) is 37.0 Å². The topological polar surface area (TPSA) is 46.5 Å². The van der Waals surface area contributed by atoms with Crippen LogP contribution in [-0.2, 0) is 9.53 Å². The summed E-state index contributed by atoms with van der Waals surface area (Å²) < 4.78 is 5.70. The Hall–Kier alpha value is -0.830. The van der Waals surface area contributed by atoms with Crippen LogP contribution in [0.3, 0.4) is 0 Å². The maximum Gasteiger partial charge on any atom is 0.302 e. The van der Waals surface area contributed by atoms with Gasteiger partial charge < -0.3 is 9.84 Å². The van der Waals surface area contributed by atoms with Gasteiger partial charge in [-0.15, -0.1) is 0 Å². The van der Waals surface area contributed by atoms with Crippen LogP contribution in [0.25, 0.3) is 0 Å².